The van der Waals surface area contributed by atoms with Gasteiger partial charge in [0.2, 0.25) is 0 Å². The molecule has 4 rings (SSSR count). The predicted octanol–water partition coefficient (Wildman–Crippen LogP) is 5.07. The molecule has 2 amide bonds. The summed E-state index contributed by atoms with van der Waals surface area (Å²) in [6.45, 7) is 0. The predicted molar refractivity (Wildman–Crippen MR) is 114 cm³/mol. The quantitative estimate of drug-likeness (QED) is 0.611. The van der Waals surface area contributed by atoms with E-state index in [2.05, 4.69) is 16.4 Å². The Balaban J connectivity index is 1.54. The molecular weight excluding hydrogens is 370 g/mol. The van der Waals surface area contributed by atoms with Crippen molar-refractivity contribution in [1.82, 2.24) is 9.88 Å². The minimum atomic E-state index is -0.131. The minimum absolute atomic E-state index is 0.0285. The van der Waals surface area contributed by atoms with E-state index in [1.54, 1.807) is 14.1 Å². The van der Waals surface area contributed by atoms with Crippen molar-refractivity contribution in [3.63, 3.8) is 0 Å². The fourth-order valence-electron chi connectivity index (χ4n) is 3.62. The van der Waals surface area contributed by atoms with Gasteiger partial charge in [0.25, 0.3) is 11.1 Å². The van der Waals surface area contributed by atoms with Crippen LogP contribution >= 0.6 is 11.8 Å². The molecule has 144 valence electrons. The number of benzene rings is 2. The molecule has 0 saturated heterocycles. The Bertz CT molecular complexity index is 1040. The van der Waals surface area contributed by atoms with Crippen LogP contribution in [0.1, 0.15) is 34.5 Å². The van der Waals surface area contributed by atoms with Crippen LogP contribution in [0.5, 0.6) is 0 Å². The Kier molecular flexibility index (Phi) is 5.13. The van der Waals surface area contributed by atoms with Gasteiger partial charge in [-0.1, -0.05) is 12.1 Å². The number of aromatic nitrogens is 1. The van der Waals surface area contributed by atoms with Gasteiger partial charge in [0.1, 0.15) is 0 Å². The highest BCUT2D eigenvalue weighted by Crippen LogP contribution is 2.31. The van der Waals surface area contributed by atoms with Crippen molar-refractivity contribution in [3.8, 4) is 0 Å². The largest absolute Gasteiger partial charge is 0.358 e. The van der Waals surface area contributed by atoms with Gasteiger partial charge in [-0.3, -0.25) is 9.59 Å². The first-order valence-electron chi connectivity index (χ1n) is 9.46. The van der Waals surface area contributed by atoms with Crippen LogP contribution in [0.3, 0.4) is 0 Å². The van der Waals surface area contributed by atoms with Crippen LogP contribution < -0.4 is 5.32 Å². The van der Waals surface area contributed by atoms with Gasteiger partial charge < -0.3 is 15.2 Å². The number of aryl methyl sites for hydroxylation is 2. The molecule has 1 aliphatic carbocycles. The third kappa shape index (κ3) is 3.64. The van der Waals surface area contributed by atoms with Crippen LogP contribution in [0.2, 0.25) is 0 Å². The van der Waals surface area contributed by atoms with E-state index in [1.807, 2.05) is 36.4 Å². The number of thioether (sulfide) groups is 1. The molecule has 0 atom stereocenters. The summed E-state index contributed by atoms with van der Waals surface area (Å²) < 4.78 is 0. The van der Waals surface area contributed by atoms with Gasteiger partial charge >= 0.3 is 0 Å². The van der Waals surface area contributed by atoms with E-state index in [0.717, 1.165) is 40.4 Å². The molecule has 5 nitrogen and oxygen atoms in total. The number of anilines is 1. The summed E-state index contributed by atoms with van der Waals surface area (Å²) in [6, 6.07) is 13.2. The summed E-state index contributed by atoms with van der Waals surface area (Å²) in [7, 11) is 3.45. The van der Waals surface area contributed by atoms with Gasteiger partial charge in [-0.15, -0.1) is 0 Å². The standard InChI is InChI=1S/C22H23N3O2S/c1-25(2)22(27)28-15-12-10-14(11-13-15)23-21(26)18-8-5-7-17-16-6-3-4-9-19(16)24-20(17)18/h5,7-8,10-13,24H,3-4,6,9H2,1-2H3,(H,23,26). The van der Waals surface area contributed by atoms with Crippen molar-refractivity contribution in [2.75, 3.05) is 19.4 Å². The number of nitrogens with zero attached hydrogens (tertiary/aromatic N) is 1. The fourth-order valence-corrected chi connectivity index (χ4v) is 4.27. The van der Waals surface area contributed by atoms with Crippen molar-refractivity contribution in [3.05, 3.63) is 59.3 Å². The maximum Gasteiger partial charge on any atom is 0.285 e. The first kappa shape index (κ1) is 18.6. The number of carbonyl (C=O) groups excluding carboxylic acids is 2. The summed E-state index contributed by atoms with van der Waals surface area (Å²) in [5.74, 6) is -0.131. The molecule has 0 bridgehead atoms. The molecule has 3 aromatic rings. The lowest BCUT2D eigenvalue weighted by Crippen LogP contribution is -2.16. The third-order valence-electron chi connectivity index (χ3n) is 5.06. The zero-order valence-electron chi connectivity index (χ0n) is 16.0. The Hall–Kier alpha value is -2.73. The molecule has 0 radical (unpaired) electrons. The van der Waals surface area contributed by atoms with Gasteiger partial charge in [-0.25, -0.2) is 0 Å². The molecule has 1 heterocycles. The van der Waals surface area contributed by atoms with E-state index in [9.17, 15) is 9.59 Å². The highest BCUT2D eigenvalue weighted by atomic mass is 32.2. The van der Waals surface area contributed by atoms with Crippen LogP contribution in [0.15, 0.2) is 47.4 Å². The number of amides is 2. The zero-order chi connectivity index (χ0) is 19.7. The third-order valence-corrected chi connectivity index (χ3v) is 6.11. The molecule has 0 unspecified atom stereocenters. The maximum atomic E-state index is 12.9. The van der Waals surface area contributed by atoms with Crippen LogP contribution in [-0.2, 0) is 12.8 Å². The van der Waals surface area contributed by atoms with E-state index in [-0.39, 0.29) is 11.1 Å². The fraction of sp³-hybridized carbons (Fsp3) is 0.273. The molecule has 2 aromatic carbocycles. The molecule has 0 spiro atoms. The molecule has 0 saturated carbocycles. The van der Waals surface area contributed by atoms with Gasteiger partial charge in [0, 0.05) is 35.8 Å². The zero-order valence-corrected chi connectivity index (χ0v) is 16.9. The summed E-state index contributed by atoms with van der Waals surface area (Å²) >= 11 is 1.16. The molecule has 28 heavy (non-hydrogen) atoms. The van der Waals surface area contributed by atoms with Gasteiger partial charge in [0.05, 0.1) is 11.1 Å². The summed E-state index contributed by atoms with van der Waals surface area (Å²) in [5, 5.41) is 4.11. The smallest absolute Gasteiger partial charge is 0.285 e. The number of fused-ring (bicyclic) bond motifs is 3. The van der Waals surface area contributed by atoms with Gasteiger partial charge in [-0.05, 0) is 73.3 Å². The van der Waals surface area contributed by atoms with Crippen molar-refractivity contribution in [2.45, 2.75) is 30.6 Å². The second kappa shape index (κ2) is 7.72. The Morgan fingerprint density at radius 1 is 1.04 bits per heavy atom. The highest BCUT2D eigenvalue weighted by molar-refractivity contribution is 8.13. The normalized spacial score (nSPS) is 13.2. The van der Waals surface area contributed by atoms with Gasteiger partial charge in [0.15, 0.2) is 0 Å². The molecule has 2 N–H and O–H groups in total. The molecule has 1 aliphatic rings. The number of para-hydroxylation sites is 1. The summed E-state index contributed by atoms with van der Waals surface area (Å²) in [6.07, 6.45) is 4.53. The maximum absolute atomic E-state index is 12.9. The van der Waals surface area contributed by atoms with Crippen LogP contribution in [0.4, 0.5) is 10.5 Å². The number of rotatable bonds is 3. The minimum Gasteiger partial charge on any atom is -0.358 e. The van der Waals surface area contributed by atoms with Crippen LogP contribution in [0, 0.1) is 0 Å². The number of nitrogens with one attached hydrogen (secondary N) is 2. The number of aromatic amines is 1. The number of carbonyl (C=O) groups is 2. The molecule has 0 aliphatic heterocycles. The molecular formula is C22H23N3O2S. The monoisotopic (exact) mass is 393 g/mol. The van der Waals surface area contributed by atoms with E-state index in [0.29, 0.717) is 11.3 Å². The number of hydrogen-bond acceptors (Lipinski definition) is 3. The SMILES string of the molecule is CN(C)C(=O)Sc1ccc(NC(=O)c2cccc3c4c([nH]c23)CCCC4)cc1. The topological polar surface area (TPSA) is 65.2 Å². The molecule has 1 aromatic heterocycles. The molecule has 6 heteroatoms. The Morgan fingerprint density at radius 2 is 1.79 bits per heavy atom. The van der Waals surface area contributed by atoms with E-state index in [4.69, 9.17) is 0 Å². The lowest BCUT2D eigenvalue weighted by atomic mass is 9.95. The van der Waals surface area contributed by atoms with Gasteiger partial charge in [-0.2, -0.15) is 0 Å². The molecule has 0 fully saturated rings. The number of hydrogen-bond donors (Lipinski definition) is 2. The highest BCUT2D eigenvalue weighted by Gasteiger charge is 2.19. The number of H-pyrrole nitrogens is 1. The second-order valence-electron chi connectivity index (χ2n) is 7.26. The van der Waals surface area contributed by atoms with Crippen molar-refractivity contribution < 1.29 is 9.59 Å². The average molecular weight is 394 g/mol. The van der Waals surface area contributed by atoms with E-state index >= 15 is 0 Å². The lowest BCUT2D eigenvalue weighted by molar-refractivity contribution is 0.102. The van der Waals surface area contributed by atoms with Crippen LogP contribution in [0.25, 0.3) is 10.9 Å². The van der Waals surface area contributed by atoms with E-state index < -0.39 is 0 Å². The van der Waals surface area contributed by atoms with Crippen molar-refractivity contribution in [2.24, 2.45) is 0 Å². The lowest BCUT2D eigenvalue weighted by Gasteiger charge is -2.10. The Morgan fingerprint density at radius 3 is 2.54 bits per heavy atom. The van der Waals surface area contributed by atoms with E-state index in [1.165, 1.54) is 29.0 Å². The van der Waals surface area contributed by atoms with Crippen LogP contribution in [-0.4, -0.2) is 35.1 Å². The first-order valence-corrected chi connectivity index (χ1v) is 10.3. The Labute approximate surface area is 168 Å². The van der Waals surface area contributed by atoms with Crippen molar-refractivity contribution in [1.29, 1.82) is 0 Å². The van der Waals surface area contributed by atoms with Crippen molar-refractivity contribution >= 4 is 39.5 Å². The second-order valence-corrected chi connectivity index (χ2v) is 8.28. The average Bonchev–Trinajstić information content (AvgIpc) is 3.08. The summed E-state index contributed by atoms with van der Waals surface area (Å²) in [4.78, 5) is 30.5. The first-order chi connectivity index (χ1) is 13.5. The summed E-state index contributed by atoms with van der Waals surface area (Å²) in [5.41, 5.74) is 4.93.